The van der Waals surface area contributed by atoms with Crippen LogP contribution in [-0.4, -0.2) is 60.0 Å². The molecule has 2 aromatic heterocycles. The minimum Gasteiger partial charge on any atom is -0.477 e. The molecule has 8 nitrogen and oxygen atoms in total. The number of carboxylic acid groups (broad SMARTS) is 1. The van der Waals surface area contributed by atoms with E-state index in [2.05, 4.69) is 23.7 Å². The van der Waals surface area contributed by atoms with E-state index in [1.54, 1.807) is 6.20 Å². The maximum Gasteiger partial charge on any atom is 0.348 e. The van der Waals surface area contributed by atoms with Crippen LogP contribution in [0, 0.1) is 29.1 Å². The van der Waals surface area contributed by atoms with Crippen LogP contribution in [0.2, 0.25) is 0 Å². The first-order chi connectivity index (χ1) is 20.7. The summed E-state index contributed by atoms with van der Waals surface area (Å²) in [5.41, 5.74) is 0.0628. The number of thiophene rings is 1. The molecule has 9 heteroatoms. The number of aromatic nitrogens is 1. The van der Waals surface area contributed by atoms with Gasteiger partial charge in [0, 0.05) is 36.2 Å². The van der Waals surface area contributed by atoms with Crippen molar-refractivity contribution in [3.05, 3.63) is 40.2 Å². The van der Waals surface area contributed by atoms with Crippen LogP contribution in [0.15, 0.2) is 30.5 Å². The van der Waals surface area contributed by atoms with Crippen molar-refractivity contribution in [1.29, 1.82) is 0 Å². The van der Waals surface area contributed by atoms with E-state index in [1.807, 2.05) is 43.0 Å². The van der Waals surface area contributed by atoms with E-state index in [-0.39, 0.29) is 35.0 Å². The predicted molar refractivity (Wildman–Crippen MR) is 167 cm³/mol. The van der Waals surface area contributed by atoms with Gasteiger partial charge in [0.25, 0.3) is 0 Å². The molecule has 1 aliphatic heterocycles. The molecule has 2 aromatic rings. The van der Waals surface area contributed by atoms with Gasteiger partial charge in [-0.05, 0) is 89.7 Å². The maximum atomic E-state index is 14.2. The lowest BCUT2D eigenvalue weighted by atomic mass is 9.81. The van der Waals surface area contributed by atoms with Crippen molar-refractivity contribution in [2.75, 3.05) is 24.7 Å². The van der Waals surface area contributed by atoms with E-state index < -0.39 is 11.4 Å². The molecule has 0 spiro atoms. The number of hydrogen-bond donors (Lipinski definition) is 1. The summed E-state index contributed by atoms with van der Waals surface area (Å²) in [4.78, 5) is 33.7. The van der Waals surface area contributed by atoms with Crippen molar-refractivity contribution in [3.8, 4) is 17.7 Å². The Morgan fingerprint density at radius 1 is 1.09 bits per heavy atom. The van der Waals surface area contributed by atoms with E-state index in [0.717, 1.165) is 75.7 Å². The molecule has 43 heavy (non-hydrogen) atoms. The van der Waals surface area contributed by atoms with E-state index in [9.17, 15) is 14.7 Å². The minimum absolute atomic E-state index is 0.0155. The Morgan fingerprint density at radius 2 is 1.86 bits per heavy atom. The molecule has 1 N–H and O–H groups in total. The summed E-state index contributed by atoms with van der Waals surface area (Å²) < 4.78 is 17.5. The standard InChI is InChI=1S/C34H44N2O6S/c1-23-7-9-24(10-8-23)32(37)36(25-11-13-26(14-12-25)42-30-6-4-5-18-35-30)29-20-28(43-31(29)33(38)39)15-17-34(2,3)22-41-27-16-19-40-21-27/h4-6,18,20,23-27H,7-14,16,19,21-22H2,1-3H3,(H,38,39). The predicted octanol–water partition coefficient (Wildman–Crippen LogP) is 6.57. The molecule has 1 amide bonds. The molecule has 0 bridgehead atoms. The van der Waals surface area contributed by atoms with Crippen LogP contribution >= 0.6 is 11.3 Å². The van der Waals surface area contributed by atoms with Crippen LogP contribution in [0.5, 0.6) is 5.88 Å². The zero-order valence-electron chi connectivity index (χ0n) is 25.5. The van der Waals surface area contributed by atoms with Crippen LogP contribution in [0.3, 0.4) is 0 Å². The molecule has 3 aliphatic rings. The van der Waals surface area contributed by atoms with Crippen molar-refractivity contribution in [2.24, 2.45) is 17.3 Å². The normalized spacial score (nSPS) is 25.9. The number of ether oxygens (including phenoxy) is 3. The molecule has 1 atom stereocenters. The number of amides is 1. The van der Waals surface area contributed by atoms with Crippen molar-refractivity contribution in [1.82, 2.24) is 4.98 Å². The van der Waals surface area contributed by atoms with Gasteiger partial charge in [-0.25, -0.2) is 9.78 Å². The third-order valence-corrected chi connectivity index (χ3v) is 9.82. The summed E-state index contributed by atoms with van der Waals surface area (Å²) in [7, 11) is 0. The number of aromatic carboxylic acids is 1. The molecule has 3 fully saturated rings. The zero-order valence-corrected chi connectivity index (χ0v) is 26.4. The number of carboxylic acids is 1. The van der Waals surface area contributed by atoms with Crippen molar-refractivity contribution < 1.29 is 28.9 Å². The summed E-state index contributed by atoms with van der Waals surface area (Å²) in [5, 5.41) is 10.3. The highest BCUT2D eigenvalue weighted by Crippen LogP contribution is 2.39. The van der Waals surface area contributed by atoms with Gasteiger partial charge in [0.1, 0.15) is 11.0 Å². The van der Waals surface area contributed by atoms with Crippen LogP contribution in [0.25, 0.3) is 0 Å². The fourth-order valence-corrected chi connectivity index (χ4v) is 7.06. The number of carbonyl (C=O) groups is 2. The van der Waals surface area contributed by atoms with Gasteiger partial charge in [0.05, 0.1) is 29.9 Å². The van der Waals surface area contributed by atoms with E-state index in [0.29, 0.717) is 35.6 Å². The average molecular weight is 609 g/mol. The number of rotatable bonds is 9. The average Bonchev–Trinajstić information content (AvgIpc) is 3.68. The first kappa shape index (κ1) is 31.5. The molecule has 2 aliphatic carbocycles. The molecule has 232 valence electrons. The highest BCUT2D eigenvalue weighted by Gasteiger charge is 2.38. The smallest absolute Gasteiger partial charge is 0.348 e. The van der Waals surface area contributed by atoms with Gasteiger partial charge in [0.2, 0.25) is 11.8 Å². The molecule has 0 radical (unpaired) electrons. The van der Waals surface area contributed by atoms with E-state index >= 15 is 0 Å². The van der Waals surface area contributed by atoms with Crippen molar-refractivity contribution >= 4 is 28.9 Å². The van der Waals surface area contributed by atoms with Gasteiger partial charge >= 0.3 is 5.97 Å². The second kappa shape index (κ2) is 14.2. The fraction of sp³-hybridized carbons (Fsp3) is 0.618. The third-order valence-electron chi connectivity index (χ3n) is 8.79. The number of anilines is 1. The van der Waals surface area contributed by atoms with Crippen LogP contribution < -0.4 is 9.64 Å². The summed E-state index contributed by atoms with van der Waals surface area (Å²) in [6.07, 6.45) is 9.45. The topological polar surface area (TPSA) is 98.2 Å². The van der Waals surface area contributed by atoms with Gasteiger partial charge in [-0.3, -0.25) is 4.79 Å². The van der Waals surface area contributed by atoms with E-state index in [4.69, 9.17) is 14.2 Å². The molecule has 1 unspecified atom stereocenters. The van der Waals surface area contributed by atoms with Gasteiger partial charge in [-0.2, -0.15) is 0 Å². The number of nitrogens with zero attached hydrogens (tertiary/aromatic N) is 2. The number of hydrogen-bond acceptors (Lipinski definition) is 7. The van der Waals surface area contributed by atoms with Crippen LogP contribution in [0.1, 0.15) is 93.1 Å². The van der Waals surface area contributed by atoms with Crippen molar-refractivity contribution in [3.63, 3.8) is 0 Å². The van der Waals surface area contributed by atoms with E-state index in [1.165, 1.54) is 0 Å². The Kier molecular flexibility index (Phi) is 10.4. The lowest BCUT2D eigenvalue weighted by Gasteiger charge is -2.39. The first-order valence-corrected chi connectivity index (χ1v) is 16.5. The zero-order chi connectivity index (χ0) is 30.4. The molecule has 2 saturated carbocycles. The molecule has 3 heterocycles. The summed E-state index contributed by atoms with van der Waals surface area (Å²) in [5.74, 6) is 6.67. The summed E-state index contributed by atoms with van der Waals surface area (Å²) in [6.45, 7) is 8.08. The van der Waals surface area contributed by atoms with Crippen LogP contribution in [0.4, 0.5) is 5.69 Å². The maximum absolute atomic E-state index is 14.2. The van der Waals surface area contributed by atoms with Gasteiger partial charge in [-0.15, -0.1) is 11.3 Å². The molecule has 5 rings (SSSR count). The lowest BCUT2D eigenvalue weighted by Crippen LogP contribution is -2.47. The monoisotopic (exact) mass is 608 g/mol. The molecular formula is C34H44N2O6S. The van der Waals surface area contributed by atoms with Gasteiger partial charge < -0.3 is 24.2 Å². The highest BCUT2D eigenvalue weighted by molar-refractivity contribution is 7.15. The number of carbonyl (C=O) groups excluding carboxylic acids is 1. The summed E-state index contributed by atoms with van der Waals surface area (Å²) >= 11 is 1.15. The quantitative estimate of drug-likeness (QED) is 0.322. The third kappa shape index (κ3) is 8.37. The Bertz CT molecular complexity index is 1290. The second-order valence-corrected chi connectivity index (χ2v) is 14.0. The Balaban J connectivity index is 1.37. The molecule has 1 saturated heterocycles. The van der Waals surface area contributed by atoms with Crippen molar-refractivity contribution in [2.45, 2.75) is 96.8 Å². The molecule has 0 aromatic carbocycles. The minimum atomic E-state index is -1.03. The highest BCUT2D eigenvalue weighted by atomic mass is 32.1. The Labute approximate surface area is 259 Å². The molecular weight excluding hydrogens is 564 g/mol. The summed E-state index contributed by atoms with van der Waals surface area (Å²) in [6, 6.07) is 7.35. The largest absolute Gasteiger partial charge is 0.477 e. The second-order valence-electron chi connectivity index (χ2n) is 12.9. The SMILES string of the molecule is CC1CCC(C(=O)N(c2cc(C#CC(C)(C)COC3CCOC3)sc2C(=O)O)C2CCC(Oc3ccccn3)CC2)CC1. The van der Waals surface area contributed by atoms with Crippen LogP contribution in [-0.2, 0) is 14.3 Å². The lowest BCUT2D eigenvalue weighted by molar-refractivity contribution is -0.124. The fourth-order valence-electron chi connectivity index (χ4n) is 6.22. The Morgan fingerprint density at radius 3 is 2.51 bits per heavy atom. The first-order valence-electron chi connectivity index (χ1n) is 15.7. The Hall–Kier alpha value is -2.93. The number of pyridine rings is 1. The van der Waals surface area contributed by atoms with Gasteiger partial charge in [-0.1, -0.05) is 24.8 Å². The van der Waals surface area contributed by atoms with Gasteiger partial charge in [0.15, 0.2) is 0 Å².